The summed E-state index contributed by atoms with van der Waals surface area (Å²) in [6, 6.07) is 0. The molecule has 0 saturated heterocycles. The maximum atomic E-state index is 8.99. The van der Waals surface area contributed by atoms with Crippen LogP contribution in [0.1, 0.15) is 116 Å². The Hall–Kier alpha value is -0.380. The van der Waals surface area contributed by atoms with Crippen molar-refractivity contribution in [3.05, 3.63) is 18.1 Å². The predicted molar refractivity (Wildman–Crippen MR) is 116 cm³/mol. The van der Waals surface area contributed by atoms with E-state index in [1.165, 1.54) is 95.8 Å². The standard InChI is InChI=1S/C23H45O2.H3N/c1-2-3-4-5-6-7-8-9-10-11-12-13-14-15-16-17-18-23(19-21-24)20-22-25;/h9-10,24-25H,2-8,11-22H2,1H3;1H3/b10-9-;. The van der Waals surface area contributed by atoms with Gasteiger partial charge in [-0.1, -0.05) is 83.3 Å². The quantitative estimate of drug-likeness (QED) is 0.161. The summed E-state index contributed by atoms with van der Waals surface area (Å²) in [5.41, 5.74) is 0. The molecule has 0 heterocycles. The summed E-state index contributed by atoms with van der Waals surface area (Å²) in [5.74, 6) is 1.33. The fourth-order valence-electron chi connectivity index (χ4n) is 3.31. The summed E-state index contributed by atoms with van der Waals surface area (Å²) in [4.78, 5) is 0. The number of aliphatic hydroxyl groups is 2. The van der Waals surface area contributed by atoms with Crippen molar-refractivity contribution in [3.63, 3.8) is 0 Å². The average Bonchev–Trinajstić information content (AvgIpc) is 2.61. The number of rotatable bonds is 20. The normalized spacial score (nSPS) is 11.4. The Morgan fingerprint density at radius 2 is 1.00 bits per heavy atom. The van der Waals surface area contributed by atoms with Gasteiger partial charge in [-0.25, -0.2) is 0 Å². The number of hydrogen-bond donors (Lipinski definition) is 3. The van der Waals surface area contributed by atoms with Gasteiger partial charge in [0.05, 0.1) is 0 Å². The zero-order valence-electron chi connectivity index (χ0n) is 17.7. The first-order valence-corrected chi connectivity index (χ1v) is 11.1. The zero-order chi connectivity index (χ0) is 18.4. The van der Waals surface area contributed by atoms with Crippen molar-refractivity contribution >= 4 is 0 Å². The molecule has 0 aromatic rings. The molecule has 0 spiro atoms. The van der Waals surface area contributed by atoms with E-state index >= 15 is 0 Å². The van der Waals surface area contributed by atoms with Gasteiger partial charge in [0.15, 0.2) is 0 Å². The van der Waals surface area contributed by atoms with E-state index in [0.29, 0.717) is 0 Å². The predicted octanol–water partition coefficient (Wildman–Crippen LogP) is 6.92. The summed E-state index contributed by atoms with van der Waals surface area (Å²) in [7, 11) is 0. The molecule has 0 rings (SSSR count). The van der Waals surface area contributed by atoms with E-state index in [4.69, 9.17) is 10.2 Å². The van der Waals surface area contributed by atoms with Crippen LogP contribution in [-0.2, 0) is 0 Å². The van der Waals surface area contributed by atoms with E-state index in [-0.39, 0.29) is 19.4 Å². The fraction of sp³-hybridized carbons (Fsp3) is 0.870. The molecule has 0 amide bonds. The molecular formula is C23H48NO2. The van der Waals surface area contributed by atoms with Gasteiger partial charge in [-0.3, -0.25) is 0 Å². The Bertz CT molecular complexity index is 263. The number of aliphatic hydroxyl groups excluding tert-OH is 2. The van der Waals surface area contributed by atoms with Gasteiger partial charge >= 0.3 is 0 Å². The largest absolute Gasteiger partial charge is 0.396 e. The second-order valence-electron chi connectivity index (χ2n) is 7.39. The molecule has 5 N–H and O–H groups in total. The van der Waals surface area contributed by atoms with Crippen molar-refractivity contribution in [2.75, 3.05) is 13.2 Å². The highest BCUT2D eigenvalue weighted by atomic mass is 16.3. The van der Waals surface area contributed by atoms with Crippen LogP contribution >= 0.6 is 0 Å². The van der Waals surface area contributed by atoms with Crippen LogP contribution < -0.4 is 6.15 Å². The number of hydrogen-bond acceptors (Lipinski definition) is 3. The van der Waals surface area contributed by atoms with Crippen molar-refractivity contribution < 1.29 is 10.2 Å². The van der Waals surface area contributed by atoms with Gasteiger partial charge in [0.1, 0.15) is 0 Å². The van der Waals surface area contributed by atoms with Crippen LogP contribution in [0, 0.1) is 5.92 Å². The molecule has 3 heteroatoms. The molecule has 0 atom stereocenters. The van der Waals surface area contributed by atoms with Gasteiger partial charge in [-0.05, 0) is 50.9 Å². The van der Waals surface area contributed by atoms with E-state index in [1.54, 1.807) is 0 Å². The molecule has 0 aliphatic rings. The number of unbranched alkanes of at least 4 members (excludes halogenated alkanes) is 12. The Labute approximate surface area is 164 Å². The second-order valence-corrected chi connectivity index (χ2v) is 7.39. The van der Waals surface area contributed by atoms with Crippen LogP contribution in [0.5, 0.6) is 0 Å². The third-order valence-corrected chi connectivity index (χ3v) is 4.97. The van der Waals surface area contributed by atoms with Gasteiger partial charge in [0.2, 0.25) is 0 Å². The van der Waals surface area contributed by atoms with Gasteiger partial charge in [-0.2, -0.15) is 0 Å². The third-order valence-electron chi connectivity index (χ3n) is 4.97. The molecule has 0 bridgehead atoms. The lowest BCUT2D eigenvalue weighted by atomic mass is 9.94. The van der Waals surface area contributed by atoms with Crippen LogP contribution in [0.3, 0.4) is 0 Å². The van der Waals surface area contributed by atoms with E-state index in [9.17, 15) is 0 Å². The molecular weight excluding hydrogens is 322 g/mol. The minimum atomic E-state index is 0. The van der Waals surface area contributed by atoms with E-state index in [0.717, 1.165) is 19.3 Å². The monoisotopic (exact) mass is 370 g/mol. The Balaban J connectivity index is 0. The molecule has 26 heavy (non-hydrogen) atoms. The summed E-state index contributed by atoms with van der Waals surface area (Å²) in [6.07, 6.45) is 26.1. The van der Waals surface area contributed by atoms with E-state index in [2.05, 4.69) is 19.1 Å². The Morgan fingerprint density at radius 3 is 1.46 bits per heavy atom. The van der Waals surface area contributed by atoms with Crippen molar-refractivity contribution in [2.24, 2.45) is 0 Å². The maximum absolute atomic E-state index is 8.99. The summed E-state index contributed by atoms with van der Waals surface area (Å²) in [6.45, 7) is 2.72. The van der Waals surface area contributed by atoms with Crippen molar-refractivity contribution in [3.8, 4) is 0 Å². The first-order valence-electron chi connectivity index (χ1n) is 11.1. The first kappa shape index (κ1) is 27.8. The van der Waals surface area contributed by atoms with Crippen molar-refractivity contribution in [2.45, 2.75) is 116 Å². The van der Waals surface area contributed by atoms with Gasteiger partial charge < -0.3 is 16.4 Å². The zero-order valence-corrected chi connectivity index (χ0v) is 17.7. The van der Waals surface area contributed by atoms with Gasteiger partial charge in [0.25, 0.3) is 0 Å². The highest BCUT2D eigenvalue weighted by Gasteiger charge is 2.07. The van der Waals surface area contributed by atoms with Crippen molar-refractivity contribution in [1.29, 1.82) is 0 Å². The molecule has 0 unspecified atom stereocenters. The lowest BCUT2D eigenvalue weighted by Crippen LogP contribution is -2.03. The molecule has 0 aliphatic heterocycles. The summed E-state index contributed by atoms with van der Waals surface area (Å²) in [5, 5.41) is 18.0. The summed E-state index contributed by atoms with van der Waals surface area (Å²) >= 11 is 0. The fourth-order valence-corrected chi connectivity index (χ4v) is 3.31. The second kappa shape index (κ2) is 24.6. The van der Waals surface area contributed by atoms with Crippen LogP contribution in [0.4, 0.5) is 0 Å². The molecule has 0 fully saturated rings. The molecule has 1 radical (unpaired) electrons. The first-order chi connectivity index (χ1) is 12.3. The minimum absolute atomic E-state index is 0. The Kier molecular flexibility index (Phi) is 26.4. The average molecular weight is 371 g/mol. The lowest BCUT2D eigenvalue weighted by Gasteiger charge is -2.13. The highest BCUT2D eigenvalue weighted by molar-refractivity contribution is 4.88. The van der Waals surface area contributed by atoms with Crippen LogP contribution in [0.25, 0.3) is 0 Å². The minimum Gasteiger partial charge on any atom is -0.396 e. The topological polar surface area (TPSA) is 75.5 Å². The Morgan fingerprint density at radius 1 is 0.577 bits per heavy atom. The molecule has 0 saturated carbocycles. The number of allylic oxidation sites excluding steroid dienone is 2. The lowest BCUT2D eigenvalue weighted by molar-refractivity contribution is 0.262. The molecule has 3 nitrogen and oxygen atoms in total. The smallest absolute Gasteiger partial charge is 0.0436 e. The van der Waals surface area contributed by atoms with Crippen molar-refractivity contribution in [1.82, 2.24) is 6.15 Å². The SMILES string of the molecule is CCCCCCCC/C=C\CCCCCCCC[C](CCO)CCO.N. The molecule has 0 aromatic heterocycles. The summed E-state index contributed by atoms with van der Waals surface area (Å²) < 4.78 is 0. The molecule has 157 valence electrons. The maximum Gasteiger partial charge on any atom is 0.0436 e. The van der Waals surface area contributed by atoms with Crippen LogP contribution in [0.2, 0.25) is 0 Å². The van der Waals surface area contributed by atoms with Gasteiger partial charge in [-0.15, -0.1) is 0 Å². The van der Waals surface area contributed by atoms with Crippen LogP contribution in [0.15, 0.2) is 12.2 Å². The molecule has 0 aliphatic carbocycles. The molecule has 0 aromatic carbocycles. The highest BCUT2D eigenvalue weighted by Crippen LogP contribution is 2.20. The third kappa shape index (κ3) is 21.7. The van der Waals surface area contributed by atoms with E-state index in [1.807, 2.05) is 0 Å². The van der Waals surface area contributed by atoms with Crippen LogP contribution in [-0.4, -0.2) is 23.4 Å². The van der Waals surface area contributed by atoms with Gasteiger partial charge in [0, 0.05) is 13.2 Å². The van der Waals surface area contributed by atoms with E-state index < -0.39 is 0 Å².